The molecule has 0 atom stereocenters. The first-order valence-corrected chi connectivity index (χ1v) is 9.23. The molecule has 7 nitrogen and oxygen atoms in total. The highest BCUT2D eigenvalue weighted by Crippen LogP contribution is 2.33. The molecule has 0 spiro atoms. The first kappa shape index (κ1) is 18.8. The first-order valence-electron chi connectivity index (χ1n) is 9.23. The number of hydrogen-bond acceptors (Lipinski definition) is 5. The van der Waals surface area contributed by atoms with E-state index in [4.69, 9.17) is 4.74 Å². The summed E-state index contributed by atoms with van der Waals surface area (Å²) in [7, 11) is 0. The van der Waals surface area contributed by atoms with Gasteiger partial charge in [-0.05, 0) is 30.9 Å². The van der Waals surface area contributed by atoms with Crippen molar-refractivity contribution in [3.63, 3.8) is 0 Å². The van der Waals surface area contributed by atoms with Crippen molar-refractivity contribution in [1.29, 1.82) is 0 Å². The van der Waals surface area contributed by atoms with Gasteiger partial charge in [-0.25, -0.2) is 0 Å². The third-order valence-electron chi connectivity index (χ3n) is 5.00. The number of nitrogens with zero attached hydrogens (tertiary/aromatic N) is 1. The van der Waals surface area contributed by atoms with Crippen LogP contribution < -0.4 is 10.9 Å². The van der Waals surface area contributed by atoms with Crippen LogP contribution in [0.5, 0.6) is 0 Å². The SMILES string of the molecule is CC1(C)CC(=O)c2cc(C(=O)NCCCN3CCOCC3)c(=O)[nH]c2C1. The molecule has 2 N–H and O–H groups in total. The van der Waals surface area contributed by atoms with Gasteiger partial charge in [0.05, 0.1) is 13.2 Å². The summed E-state index contributed by atoms with van der Waals surface area (Å²) < 4.78 is 5.31. The molecule has 2 heterocycles. The Labute approximate surface area is 153 Å². The van der Waals surface area contributed by atoms with E-state index in [1.807, 2.05) is 13.8 Å². The minimum absolute atomic E-state index is 0.0168. The number of Topliss-reactive ketones (excluding diaryl/α,β-unsaturated/α-hetero) is 1. The van der Waals surface area contributed by atoms with Gasteiger partial charge in [0.2, 0.25) is 0 Å². The number of pyridine rings is 1. The number of fused-ring (bicyclic) bond motifs is 1. The summed E-state index contributed by atoms with van der Waals surface area (Å²) >= 11 is 0. The number of nitrogens with one attached hydrogen (secondary N) is 2. The van der Waals surface area contributed by atoms with Crippen LogP contribution in [0.25, 0.3) is 0 Å². The van der Waals surface area contributed by atoms with E-state index in [0.29, 0.717) is 30.6 Å². The average molecular weight is 361 g/mol. The summed E-state index contributed by atoms with van der Waals surface area (Å²) in [4.78, 5) is 42.0. The van der Waals surface area contributed by atoms with E-state index < -0.39 is 11.5 Å². The van der Waals surface area contributed by atoms with Gasteiger partial charge in [0, 0.05) is 37.3 Å². The predicted octanol–water partition coefficient (Wildman–Crippen LogP) is 0.982. The minimum Gasteiger partial charge on any atom is -0.379 e. The average Bonchev–Trinajstić information content (AvgIpc) is 2.58. The topological polar surface area (TPSA) is 91.5 Å². The Hall–Kier alpha value is -1.99. The highest BCUT2D eigenvalue weighted by molar-refractivity contribution is 6.02. The van der Waals surface area contributed by atoms with Crippen molar-refractivity contribution >= 4 is 11.7 Å². The van der Waals surface area contributed by atoms with Gasteiger partial charge in [0.15, 0.2) is 5.78 Å². The lowest BCUT2D eigenvalue weighted by atomic mass is 9.75. The fraction of sp³-hybridized carbons (Fsp3) is 0.632. The second-order valence-electron chi connectivity index (χ2n) is 7.91. The predicted molar refractivity (Wildman–Crippen MR) is 97.7 cm³/mol. The number of ketones is 1. The van der Waals surface area contributed by atoms with Crippen LogP contribution in [-0.4, -0.2) is 61.0 Å². The fourth-order valence-corrected chi connectivity index (χ4v) is 3.62. The molecular weight excluding hydrogens is 334 g/mol. The first-order chi connectivity index (χ1) is 12.4. The van der Waals surface area contributed by atoms with E-state index in [0.717, 1.165) is 39.3 Å². The smallest absolute Gasteiger partial charge is 0.261 e. The molecule has 0 saturated carbocycles. The summed E-state index contributed by atoms with van der Waals surface area (Å²) in [6, 6.07) is 1.46. The second-order valence-corrected chi connectivity index (χ2v) is 7.91. The largest absolute Gasteiger partial charge is 0.379 e. The van der Waals surface area contributed by atoms with Gasteiger partial charge >= 0.3 is 0 Å². The molecule has 1 aliphatic carbocycles. The highest BCUT2D eigenvalue weighted by Gasteiger charge is 2.32. The van der Waals surface area contributed by atoms with Gasteiger partial charge < -0.3 is 15.0 Å². The number of H-pyrrole nitrogens is 1. The molecule has 3 rings (SSSR count). The van der Waals surface area contributed by atoms with Gasteiger partial charge in [-0.15, -0.1) is 0 Å². The van der Waals surface area contributed by atoms with E-state index >= 15 is 0 Å². The van der Waals surface area contributed by atoms with Crippen molar-refractivity contribution in [3.8, 4) is 0 Å². The zero-order chi connectivity index (χ0) is 18.7. The molecule has 0 unspecified atom stereocenters. The second kappa shape index (κ2) is 7.72. The lowest BCUT2D eigenvalue weighted by Gasteiger charge is -2.29. The van der Waals surface area contributed by atoms with Gasteiger partial charge in [0.1, 0.15) is 5.56 Å². The van der Waals surface area contributed by atoms with E-state index in [1.54, 1.807) is 0 Å². The monoisotopic (exact) mass is 361 g/mol. The van der Waals surface area contributed by atoms with Crippen LogP contribution in [0.3, 0.4) is 0 Å². The number of aromatic amines is 1. The van der Waals surface area contributed by atoms with Crippen molar-refractivity contribution in [3.05, 3.63) is 33.2 Å². The van der Waals surface area contributed by atoms with Crippen molar-refractivity contribution in [2.24, 2.45) is 5.41 Å². The summed E-state index contributed by atoms with van der Waals surface area (Å²) in [5.74, 6) is -0.442. The Kier molecular flexibility index (Phi) is 5.58. The quantitative estimate of drug-likeness (QED) is 0.763. The van der Waals surface area contributed by atoms with Gasteiger partial charge in [0.25, 0.3) is 11.5 Å². The molecule has 1 aromatic rings. The van der Waals surface area contributed by atoms with Crippen LogP contribution in [0.2, 0.25) is 0 Å². The van der Waals surface area contributed by atoms with Crippen LogP contribution >= 0.6 is 0 Å². The van der Waals surface area contributed by atoms with Crippen molar-refractivity contribution in [2.75, 3.05) is 39.4 Å². The molecule has 1 aliphatic heterocycles. The van der Waals surface area contributed by atoms with Crippen LogP contribution in [0.4, 0.5) is 0 Å². The van der Waals surface area contributed by atoms with Crippen LogP contribution in [0.15, 0.2) is 10.9 Å². The molecule has 1 aromatic heterocycles. The summed E-state index contributed by atoms with van der Waals surface area (Å²) in [5, 5.41) is 2.79. The van der Waals surface area contributed by atoms with Gasteiger partial charge in [-0.3, -0.25) is 19.3 Å². The number of hydrogen-bond donors (Lipinski definition) is 2. The maximum Gasteiger partial charge on any atom is 0.261 e. The third kappa shape index (κ3) is 4.40. The molecule has 1 fully saturated rings. The van der Waals surface area contributed by atoms with Crippen LogP contribution in [0, 0.1) is 5.41 Å². The maximum atomic E-state index is 12.4. The molecule has 2 aliphatic rings. The molecule has 1 amide bonds. The number of morpholine rings is 1. The molecule has 142 valence electrons. The number of ether oxygens (including phenoxy) is 1. The van der Waals surface area contributed by atoms with E-state index in [9.17, 15) is 14.4 Å². The Morgan fingerprint density at radius 3 is 2.73 bits per heavy atom. The van der Waals surface area contributed by atoms with Crippen molar-refractivity contribution < 1.29 is 14.3 Å². The number of amides is 1. The van der Waals surface area contributed by atoms with Crippen LogP contribution in [-0.2, 0) is 11.2 Å². The Balaban J connectivity index is 1.60. The molecule has 0 radical (unpaired) electrons. The number of carbonyl (C=O) groups excluding carboxylic acids is 2. The fourth-order valence-electron chi connectivity index (χ4n) is 3.62. The van der Waals surface area contributed by atoms with E-state index in [2.05, 4.69) is 15.2 Å². The minimum atomic E-state index is -0.431. The summed E-state index contributed by atoms with van der Waals surface area (Å²) in [5.41, 5.74) is 0.529. The maximum absolute atomic E-state index is 12.4. The third-order valence-corrected chi connectivity index (χ3v) is 5.00. The molecule has 1 saturated heterocycles. The standard InChI is InChI=1S/C19H27N3O4/c1-19(2)11-15-13(16(23)12-19)10-14(18(25)21-15)17(24)20-4-3-5-22-6-8-26-9-7-22/h10H,3-9,11-12H2,1-2H3,(H,20,24)(H,21,25). The Morgan fingerprint density at radius 1 is 1.27 bits per heavy atom. The summed E-state index contributed by atoms with van der Waals surface area (Å²) in [6.07, 6.45) is 1.86. The highest BCUT2D eigenvalue weighted by atomic mass is 16.5. The summed E-state index contributed by atoms with van der Waals surface area (Å²) in [6.45, 7) is 8.71. The van der Waals surface area contributed by atoms with Gasteiger partial charge in [-0.1, -0.05) is 13.8 Å². The molecule has 7 heteroatoms. The van der Waals surface area contributed by atoms with E-state index in [-0.39, 0.29) is 16.8 Å². The van der Waals surface area contributed by atoms with Crippen LogP contribution in [0.1, 0.15) is 53.1 Å². The molecular formula is C19H27N3O4. The Morgan fingerprint density at radius 2 is 2.00 bits per heavy atom. The molecule has 0 bridgehead atoms. The Bertz CT molecular complexity index is 748. The van der Waals surface area contributed by atoms with E-state index in [1.165, 1.54) is 6.07 Å². The van der Waals surface area contributed by atoms with Gasteiger partial charge in [-0.2, -0.15) is 0 Å². The molecule has 0 aromatic carbocycles. The normalized spacial score (nSPS) is 19.8. The number of carbonyl (C=O) groups is 2. The zero-order valence-corrected chi connectivity index (χ0v) is 15.5. The lowest BCUT2D eigenvalue weighted by molar-refractivity contribution is 0.0374. The molecule has 26 heavy (non-hydrogen) atoms. The number of rotatable bonds is 5. The van der Waals surface area contributed by atoms with Crippen molar-refractivity contribution in [1.82, 2.24) is 15.2 Å². The lowest BCUT2D eigenvalue weighted by Crippen LogP contribution is -2.38. The number of aromatic nitrogens is 1. The van der Waals surface area contributed by atoms with Crippen molar-refractivity contribution in [2.45, 2.75) is 33.1 Å². The zero-order valence-electron chi connectivity index (χ0n) is 15.5.